The van der Waals surface area contributed by atoms with Gasteiger partial charge in [0.15, 0.2) is 0 Å². The minimum Gasteiger partial charge on any atom is -0.467 e. The average Bonchev–Trinajstić information content (AvgIpc) is 3.26. The first kappa shape index (κ1) is 22.6. The van der Waals surface area contributed by atoms with Crippen molar-refractivity contribution in [1.29, 1.82) is 0 Å². The van der Waals surface area contributed by atoms with E-state index in [1.54, 1.807) is 6.08 Å². The molecule has 1 saturated heterocycles. The highest BCUT2D eigenvalue weighted by Crippen LogP contribution is 2.35. The fraction of sp³-hybridized carbons (Fsp3) is 0.192. The summed E-state index contributed by atoms with van der Waals surface area (Å²) >= 11 is 0.834. The van der Waals surface area contributed by atoms with Gasteiger partial charge in [0.25, 0.3) is 11.1 Å². The number of hydrogen-bond donors (Lipinski definition) is 0. The van der Waals surface area contributed by atoms with Crippen LogP contribution in [-0.4, -0.2) is 39.7 Å². The Morgan fingerprint density at radius 3 is 2.27 bits per heavy atom. The summed E-state index contributed by atoms with van der Waals surface area (Å²) < 4.78 is 6.79. The van der Waals surface area contributed by atoms with Crippen LogP contribution in [0.25, 0.3) is 22.9 Å². The molecule has 1 aliphatic heterocycles. The summed E-state index contributed by atoms with van der Waals surface area (Å²) in [4.78, 5) is 38.3. The highest BCUT2D eigenvalue weighted by atomic mass is 32.2. The zero-order chi connectivity index (χ0) is 23.7. The van der Waals surface area contributed by atoms with Crippen molar-refractivity contribution in [2.75, 3.05) is 7.11 Å². The summed E-state index contributed by atoms with van der Waals surface area (Å²) in [6, 6.07) is 19.5. The van der Waals surface area contributed by atoms with Gasteiger partial charge in [0.05, 0.1) is 12.0 Å². The van der Waals surface area contributed by atoms with E-state index in [1.165, 1.54) is 14.0 Å². The van der Waals surface area contributed by atoms with Gasteiger partial charge in [-0.1, -0.05) is 42.5 Å². The number of nitrogens with zero attached hydrogens (tertiary/aromatic N) is 2. The van der Waals surface area contributed by atoms with Crippen molar-refractivity contribution in [3.05, 3.63) is 82.5 Å². The topological polar surface area (TPSA) is 68.6 Å². The van der Waals surface area contributed by atoms with Crippen LogP contribution in [0.2, 0.25) is 0 Å². The molecule has 1 atom stereocenters. The van der Waals surface area contributed by atoms with Crippen LogP contribution in [0.5, 0.6) is 0 Å². The highest BCUT2D eigenvalue weighted by molar-refractivity contribution is 8.18. The fourth-order valence-electron chi connectivity index (χ4n) is 4.00. The zero-order valence-electron chi connectivity index (χ0n) is 18.9. The van der Waals surface area contributed by atoms with Gasteiger partial charge in [0, 0.05) is 17.1 Å². The number of amides is 2. The van der Waals surface area contributed by atoms with Gasteiger partial charge in [0.2, 0.25) is 0 Å². The minimum atomic E-state index is -0.969. The molecule has 1 fully saturated rings. The smallest absolute Gasteiger partial charge is 0.328 e. The monoisotopic (exact) mass is 460 g/mol. The first-order chi connectivity index (χ1) is 15.8. The Morgan fingerprint density at radius 1 is 1.00 bits per heavy atom. The number of imide groups is 1. The van der Waals surface area contributed by atoms with Crippen molar-refractivity contribution >= 4 is 35.0 Å². The molecule has 2 heterocycles. The van der Waals surface area contributed by atoms with Gasteiger partial charge in [-0.15, -0.1) is 0 Å². The second-order valence-electron chi connectivity index (χ2n) is 7.83. The van der Waals surface area contributed by atoms with Crippen molar-refractivity contribution in [3.8, 4) is 16.8 Å². The lowest BCUT2D eigenvalue weighted by atomic mass is 10.1. The summed E-state index contributed by atoms with van der Waals surface area (Å²) in [5, 5.41) is -0.477. The Kier molecular flexibility index (Phi) is 6.24. The van der Waals surface area contributed by atoms with Crippen LogP contribution in [0, 0.1) is 13.8 Å². The van der Waals surface area contributed by atoms with E-state index in [0.717, 1.165) is 50.4 Å². The number of carbonyl (C=O) groups excluding carboxylic acids is 3. The number of esters is 1. The average molecular weight is 461 g/mol. The van der Waals surface area contributed by atoms with Gasteiger partial charge in [-0.05, 0) is 73.5 Å². The molecule has 2 aromatic carbocycles. The molecular formula is C26H24N2O4S. The molecule has 33 heavy (non-hydrogen) atoms. The van der Waals surface area contributed by atoms with Crippen molar-refractivity contribution < 1.29 is 19.1 Å². The number of methoxy groups -OCH3 is 1. The van der Waals surface area contributed by atoms with Crippen LogP contribution in [0.3, 0.4) is 0 Å². The molecular weight excluding hydrogens is 436 g/mol. The highest BCUT2D eigenvalue weighted by Gasteiger charge is 2.41. The third-order valence-electron chi connectivity index (χ3n) is 5.74. The summed E-state index contributed by atoms with van der Waals surface area (Å²) in [6.07, 6.45) is 1.71. The molecule has 0 spiro atoms. The molecule has 2 amide bonds. The molecule has 0 unspecified atom stereocenters. The maximum atomic E-state index is 12.8. The first-order valence-corrected chi connectivity index (χ1v) is 11.3. The summed E-state index contributed by atoms with van der Waals surface area (Å²) in [7, 11) is 1.23. The predicted molar refractivity (Wildman–Crippen MR) is 130 cm³/mol. The summed E-state index contributed by atoms with van der Waals surface area (Å²) in [6.45, 7) is 5.46. The fourth-order valence-corrected chi connectivity index (χ4v) is 4.89. The number of ether oxygens (including phenoxy) is 1. The van der Waals surface area contributed by atoms with Crippen molar-refractivity contribution in [2.24, 2.45) is 0 Å². The molecule has 7 heteroatoms. The third-order valence-corrected chi connectivity index (χ3v) is 6.63. The maximum Gasteiger partial charge on any atom is 0.328 e. The predicted octanol–water partition coefficient (Wildman–Crippen LogP) is 5.36. The van der Waals surface area contributed by atoms with E-state index < -0.39 is 23.2 Å². The quantitative estimate of drug-likeness (QED) is 0.379. The standard InChI is InChI=1S/C26H24N2O4S/c1-16-14-21(15-23-24(29)28(26(31)33-23)18(3)25(30)32-4)17(2)27(16)22-12-10-20(11-13-22)19-8-6-5-7-9-19/h5-15,18H,1-4H3/b23-15-/t18-/m0/s1. The van der Waals surface area contributed by atoms with Crippen molar-refractivity contribution in [2.45, 2.75) is 26.8 Å². The van der Waals surface area contributed by atoms with Crippen molar-refractivity contribution in [3.63, 3.8) is 0 Å². The number of thioether (sulfide) groups is 1. The Morgan fingerprint density at radius 2 is 1.64 bits per heavy atom. The SMILES string of the molecule is COC(=O)[C@H](C)N1C(=O)S/C(=C\c2cc(C)n(-c3ccc(-c4ccccc4)cc3)c2C)C1=O. The number of carbonyl (C=O) groups is 3. The molecule has 0 aliphatic carbocycles. The first-order valence-electron chi connectivity index (χ1n) is 10.5. The van der Waals surface area contributed by atoms with Gasteiger partial charge in [-0.3, -0.25) is 14.5 Å². The van der Waals surface area contributed by atoms with E-state index >= 15 is 0 Å². The minimum absolute atomic E-state index is 0.287. The van der Waals surface area contributed by atoms with Crippen LogP contribution in [0.4, 0.5) is 4.79 Å². The summed E-state index contributed by atoms with van der Waals surface area (Å²) in [5.74, 6) is -1.12. The van der Waals surface area contributed by atoms with E-state index in [4.69, 9.17) is 0 Å². The van der Waals surface area contributed by atoms with Gasteiger partial charge < -0.3 is 9.30 Å². The van der Waals surface area contributed by atoms with E-state index in [-0.39, 0.29) is 4.91 Å². The third kappa shape index (κ3) is 4.24. The van der Waals surface area contributed by atoms with Gasteiger partial charge in [-0.25, -0.2) is 4.79 Å². The Hall–Kier alpha value is -3.58. The molecule has 1 aromatic heterocycles. The molecule has 1 aliphatic rings. The van der Waals surface area contributed by atoms with Crippen molar-refractivity contribution in [1.82, 2.24) is 9.47 Å². The lowest BCUT2D eigenvalue weighted by Crippen LogP contribution is -2.42. The Balaban J connectivity index is 1.63. The molecule has 168 valence electrons. The lowest BCUT2D eigenvalue weighted by molar-refractivity contribution is -0.148. The number of benzene rings is 2. The number of aryl methyl sites for hydroxylation is 1. The van der Waals surface area contributed by atoms with Crippen LogP contribution in [0.15, 0.2) is 65.6 Å². The lowest BCUT2D eigenvalue weighted by Gasteiger charge is -2.18. The van der Waals surface area contributed by atoms with Crippen LogP contribution in [0.1, 0.15) is 23.9 Å². The van der Waals surface area contributed by atoms with Gasteiger partial charge in [-0.2, -0.15) is 0 Å². The van der Waals surface area contributed by atoms with E-state index in [0.29, 0.717) is 0 Å². The zero-order valence-corrected chi connectivity index (χ0v) is 19.7. The second kappa shape index (κ2) is 9.11. The summed E-state index contributed by atoms with van der Waals surface area (Å²) in [5.41, 5.74) is 6.10. The molecule has 4 rings (SSSR count). The van der Waals surface area contributed by atoms with Crippen LogP contribution < -0.4 is 0 Å². The number of aromatic nitrogens is 1. The van der Waals surface area contributed by atoms with E-state index in [9.17, 15) is 14.4 Å². The molecule has 6 nitrogen and oxygen atoms in total. The van der Waals surface area contributed by atoms with Crippen LogP contribution in [-0.2, 0) is 14.3 Å². The van der Waals surface area contributed by atoms with Gasteiger partial charge >= 0.3 is 5.97 Å². The number of rotatable bonds is 5. The Bertz CT molecular complexity index is 1260. The van der Waals surface area contributed by atoms with Gasteiger partial charge in [0.1, 0.15) is 6.04 Å². The maximum absolute atomic E-state index is 12.8. The van der Waals surface area contributed by atoms with Crippen LogP contribution >= 0.6 is 11.8 Å². The Labute approximate surface area is 196 Å². The second-order valence-corrected chi connectivity index (χ2v) is 8.82. The van der Waals surface area contributed by atoms with E-state index in [2.05, 4.69) is 45.7 Å². The largest absolute Gasteiger partial charge is 0.467 e. The molecule has 0 radical (unpaired) electrons. The number of hydrogen-bond acceptors (Lipinski definition) is 5. The molecule has 0 saturated carbocycles. The van der Waals surface area contributed by atoms with E-state index in [1.807, 2.05) is 38.1 Å². The molecule has 3 aromatic rings. The molecule has 0 bridgehead atoms. The normalized spacial score (nSPS) is 15.9. The molecule has 0 N–H and O–H groups in total.